The second-order valence-corrected chi connectivity index (χ2v) is 7.89. The largest absolute Gasteiger partial charge is 0.357 e. The predicted molar refractivity (Wildman–Crippen MR) is 143 cm³/mol. The Morgan fingerprint density at radius 1 is 1.06 bits per heavy atom. The van der Waals surface area contributed by atoms with Gasteiger partial charge in [-0.25, -0.2) is 4.99 Å². The lowest BCUT2D eigenvalue weighted by Crippen LogP contribution is -2.36. The molecule has 0 bridgehead atoms. The van der Waals surface area contributed by atoms with Crippen LogP contribution in [0.25, 0.3) is 0 Å². The van der Waals surface area contributed by atoms with Crippen molar-refractivity contribution in [2.24, 2.45) is 4.99 Å². The van der Waals surface area contributed by atoms with E-state index in [4.69, 9.17) is 4.99 Å². The van der Waals surface area contributed by atoms with Crippen LogP contribution in [0.15, 0.2) is 72.0 Å². The Bertz CT molecular complexity index is 1050. The van der Waals surface area contributed by atoms with Gasteiger partial charge in [-0.05, 0) is 48.2 Å². The Morgan fingerprint density at radius 2 is 1.88 bits per heavy atom. The summed E-state index contributed by atoms with van der Waals surface area (Å²) in [4.78, 5) is 18.5. The second kappa shape index (κ2) is 12.4. The fraction of sp³-hybridized carbons (Fsp3) is 0.320. The van der Waals surface area contributed by atoms with E-state index < -0.39 is 0 Å². The van der Waals surface area contributed by atoms with Crippen LogP contribution in [0.1, 0.15) is 36.5 Å². The summed E-state index contributed by atoms with van der Waals surface area (Å²) in [5, 5.41) is 11.0. The Hall–Kier alpha value is -2.88. The van der Waals surface area contributed by atoms with Gasteiger partial charge in [0.05, 0.1) is 13.1 Å². The van der Waals surface area contributed by atoms with Crippen molar-refractivity contribution in [2.75, 3.05) is 18.0 Å². The summed E-state index contributed by atoms with van der Waals surface area (Å²) in [5.74, 6) is 0.995. The summed E-state index contributed by atoms with van der Waals surface area (Å²) in [6.45, 7) is 5.68. The third-order valence-electron chi connectivity index (χ3n) is 5.44. The fourth-order valence-electron chi connectivity index (χ4n) is 3.82. The number of aliphatic imine (C=N–C) groups is 1. The molecule has 0 atom stereocenters. The third-order valence-corrected chi connectivity index (χ3v) is 5.44. The highest BCUT2D eigenvalue weighted by molar-refractivity contribution is 14.0. The van der Waals surface area contributed by atoms with Crippen molar-refractivity contribution >= 4 is 41.5 Å². The quantitative estimate of drug-likeness (QED) is 0.250. The van der Waals surface area contributed by atoms with E-state index >= 15 is 0 Å². The molecule has 2 aromatic carbocycles. The highest BCUT2D eigenvalue weighted by Crippen LogP contribution is 2.21. The normalized spacial score (nSPS) is 13.7. The average molecular weight is 558 g/mol. The fourth-order valence-corrected chi connectivity index (χ4v) is 3.82. The van der Waals surface area contributed by atoms with Gasteiger partial charge in [0.25, 0.3) is 0 Å². The third kappa shape index (κ3) is 7.05. The first-order valence-electron chi connectivity index (χ1n) is 11.2. The lowest BCUT2D eigenvalue weighted by atomic mass is 10.1. The molecule has 33 heavy (non-hydrogen) atoms. The zero-order valence-electron chi connectivity index (χ0n) is 18.9. The van der Waals surface area contributed by atoms with Crippen molar-refractivity contribution in [3.63, 3.8) is 0 Å². The van der Waals surface area contributed by atoms with Crippen LogP contribution in [0.5, 0.6) is 0 Å². The van der Waals surface area contributed by atoms with Gasteiger partial charge in [0, 0.05) is 44.1 Å². The number of guanidine groups is 1. The number of nitrogens with one attached hydrogen (secondary N) is 2. The number of carbonyl (C=O) groups excluding carboxylic acids is 1. The lowest BCUT2D eigenvalue weighted by Gasteiger charge is -2.16. The number of anilines is 1. The second-order valence-electron chi connectivity index (χ2n) is 7.89. The Kier molecular flexibility index (Phi) is 9.29. The number of halogens is 1. The molecule has 0 aliphatic carbocycles. The molecule has 0 radical (unpaired) electrons. The van der Waals surface area contributed by atoms with Gasteiger partial charge in [-0.3, -0.25) is 9.48 Å². The summed E-state index contributed by atoms with van der Waals surface area (Å²) in [7, 11) is 0. The highest BCUT2D eigenvalue weighted by Gasteiger charge is 2.21. The van der Waals surface area contributed by atoms with E-state index in [0.29, 0.717) is 19.5 Å². The van der Waals surface area contributed by atoms with E-state index in [1.165, 1.54) is 5.56 Å². The maximum Gasteiger partial charge on any atom is 0.227 e. The van der Waals surface area contributed by atoms with E-state index in [1.807, 2.05) is 34.0 Å². The number of hydrogen-bond donors (Lipinski definition) is 2. The maximum absolute atomic E-state index is 11.9. The molecule has 3 aromatic rings. The molecule has 1 aliphatic rings. The van der Waals surface area contributed by atoms with Crippen LogP contribution in [0.3, 0.4) is 0 Å². The SMILES string of the molecule is CCNC(=NCc1cccc(Cn2cccn2)c1)NCc1ccc(N2CCCC2=O)cc1.I. The molecular weight excluding hydrogens is 527 g/mol. The van der Waals surface area contributed by atoms with Gasteiger partial charge < -0.3 is 15.5 Å². The van der Waals surface area contributed by atoms with Crippen LogP contribution >= 0.6 is 24.0 Å². The molecule has 1 amide bonds. The number of rotatable bonds is 8. The molecule has 1 aromatic heterocycles. The Balaban J connectivity index is 0.00000306. The number of hydrogen-bond acceptors (Lipinski definition) is 3. The van der Waals surface area contributed by atoms with Crippen molar-refractivity contribution in [2.45, 2.75) is 39.4 Å². The van der Waals surface area contributed by atoms with Gasteiger partial charge in [-0.15, -0.1) is 24.0 Å². The molecule has 174 valence electrons. The average Bonchev–Trinajstić information content (AvgIpc) is 3.48. The van der Waals surface area contributed by atoms with Gasteiger partial charge in [0.1, 0.15) is 0 Å². The van der Waals surface area contributed by atoms with Gasteiger partial charge in [-0.1, -0.05) is 36.4 Å². The van der Waals surface area contributed by atoms with Crippen LogP contribution < -0.4 is 15.5 Å². The molecule has 8 heteroatoms. The molecule has 1 aliphatic heterocycles. The van der Waals surface area contributed by atoms with Crippen molar-refractivity contribution in [1.82, 2.24) is 20.4 Å². The predicted octanol–water partition coefficient (Wildman–Crippen LogP) is 3.93. The molecule has 0 unspecified atom stereocenters. The van der Waals surface area contributed by atoms with Gasteiger partial charge in [0.15, 0.2) is 5.96 Å². The van der Waals surface area contributed by atoms with Crippen LogP contribution in [-0.2, 0) is 24.4 Å². The summed E-state index contributed by atoms with van der Waals surface area (Å²) in [5.41, 5.74) is 4.49. The van der Waals surface area contributed by atoms with Crippen molar-refractivity contribution in [3.8, 4) is 0 Å². The van der Waals surface area contributed by atoms with E-state index in [2.05, 4.69) is 59.1 Å². The zero-order valence-corrected chi connectivity index (χ0v) is 21.2. The molecule has 0 spiro atoms. The lowest BCUT2D eigenvalue weighted by molar-refractivity contribution is -0.117. The molecule has 2 heterocycles. The van der Waals surface area contributed by atoms with Crippen LogP contribution in [0.2, 0.25) is 0 Å². The van der Waals surface area contributed by atoms with Crippen molar-refractivity contribution < 1.29 is 4.79 Å². The molecule has 1 fully saturated rings. The zero-order chi connectivity index (χ0) is 22.2. The standard InChI is InChI=1S/C25H30N6O.HI/c1-2-26-25(27-17-20-9-11-23(12-10-20)31-15-4-8-24(31)32)28-18-21-6-3-7-22(16-21)19-30-14-5-13-29-30;/h3,5-7,9-14,16H,2,4,8,15,17-19H2,1H3,(H2,26,27,28);1H. The first-order valence-corrected chi connectivity index (χ1v) is 11.2. The summed E-state index contributed by atoms with van der Waals surface area (Å²) >= 11 is 0. The molecular formula is C25H31IN6O. The number of benzene rings is 2. The molecule has 2 N–H and O–H groups in total. The van der Waals surface area contributed by atoms with E-state index in [0.717, 1.165) is 48.8 Å². The number of amides is 1. The summed E-state index contributed by atoms with van der Waals surface area (Å²) < 4.78 is 1.92. The number of aromatic nitrogens is 2. The highest BCUT2D eigenvalue weighted by atomic mass is 127. The number of carbonyl (C=O) groups is 1. The minimum Gasteiger partial charge on any atom is -0.357 e. The topological polar surface area (TPSA) is 74.6 Å². The molecule has 4 rings (SSSR count). The number of nitrogens with zero attached hydrogens (tertiary/aromatic N) is 4. The van der Waals surface area contributed by atoms with Crippen LogP contribution in [0.4, 0.5) is 5.69 Å². The Labute approximate surface area is 212 Å². The molecule has 7 nitrogen and oxygen atoms in total. The van der Waals surface area contributed by atoms with Crippen LogP contribution in [-0.4, -0.2) is 34.7 Å². The van der Waals surface area contributed by atoms with Crippen molar-refractivity contribution in [1.29, 1.82) is 0 Å². The van der Waals surface area contributed by atoms with Gasteiger partial charge >= 0.3 is 0 Å². The van der Waals surface area contributed by atoms with Gasteiger partial charge in [-0.2, -0.15) is 5.10 Å². The maximum atomic E-state index is 11.9. The van der Waals surface area contributed by atoms with E-state index in [1.54, 1.807) is 6.20 Å². The minimum atomic E-state index is 0. The minimum absolute atomic E-state index is 0. The van der Waals surface area contributed by atoms with E-state index in [-0.39, 0.29) is 29.9 Å². The first-order chi connectivity index (χ1) is 15.7. The first kappa shape index (κ1) is 24.8. The van der Waals surface area contributed by atoms with Gasteiger partial charge in [0.2, 0.25) is 5.91 Å². The summed E-state index contributed by atoms with van der Waals surface area (Å²) in [6.07, 6.45) is 5.35. The van der Waals surface area contributed by atoms with E-state index in [9.17, 15) is 4.79 Å². The Morgan fingerprint density at radius 3 is 2.58 bits per heavy atom. The molecule has 1 saturated heterocycles. The summed E-state index contributed by atoms with van der Waals surface area (Å²) in [6, 6.07) is 18.6. The smallest absolute Gasteiger partial charge is 0.227 e. The monoisotopic (exact) mass is 558 g/mol. The van der Waals surface area contributed by atoms with Crippen molar-refractivity contribution in [3.05, 3.63) is 83.7 Å². The van der Waals surface area contributed by atoms with Crippen LogP contribution in [0, 0.1) is 0 Å². The molecule has 0 saturated carbocycles.